The summed E-state index contributed by atoms with van der Waals surface area (Å²) in [4.78, 5) is 6.30. The maximum absolute atomic E-state index is 9.15. The van der Waals surface area contributed by atoms with E-state index in [9.17, 15) is 0 Å². The van der Waals surface area contributed by atoms with Crippen LogP contribution in [0.15, 0.2) is 6.07 Å². The molecule has 1 aliphatic carbocycles. The molecule has 2 aromatic heterocycles. The number of hydrogen-bond donors (Lipinski definition) is 1. The van der Waals surface area contributed by atoms with E-state index in [1.165, 1.54) is 41.9 Å². The Hall–Kier alpha value is -1.60. The van der Waals surface area contributed by atoms with Crippen molar-refractivity contribution in [3.05, 3.63) is 22.2 Å². The van der Waals surface area contributed by atoms with E-state index in [4.69, 9.17) is 16.0 Å². The summed E-state index contributed by atoms with van der Waals surface area (Å²) in [5.41, 5.74) is 9.62. The zero-order chi connectivity index (χ0) is 15.9. The molecule has 0 saturated carbocycles. The smallest absolute Gasteiger partial charge is 0.130 e. The second-order valence-corrected chi connectivity index (χ2v) is 8.08. The molecule has 22 heavy (non-hydrogen) atoms. The Kier molecular flexibility index (Phi) is 3.86. The van der Waals surface area contributed by atoms with E-state index >= 15 is 0 Å². The number of nitrogen functional groups attached to an aromatic ring is 1. The van der Waals surface area contributed by atoms with Crippen molar-refractivity contribution in [1.82, 2.24) is 4.98 Å². The zero-order valence-electron chi connectivity index (χ0n) is 13.6. The number of anilines is 1. The maximum atomic E-state index is 9.15. The molecule has 3 rings (SSSR count). The lowest BCUT2D eigenvalue weighted by molar-refractivity contribution is 0.173. The molecule has 1 unspecified atom stereocenters. The van der Waals surface area contributed by atoms with Crippen molar-refractivity contribution >= 4 is 27.2 Å². The van der Waals surface area contributed by atoms with Gasteiger partial charge in [-0.2, -0.15) is 5.26 Å². The van der Waals surface area contributed by atoms with Crippen LogP contribution in [0, 0.1) is 22.7 Å². The molecule has 0 aliphatic heterocycles. The summed E-state index contributed by atoms with van der Waals surface area (Å²) in [5, 5.41) is 10.1. The monoisotopic (exact) mass is 313 g/mol. The molecule has 0 bridgehead atoms. The van der Waals surface area contributed by atoms with Gasteiger partial charge in [0, 0.05) is 11.1 Å². The van der Waals surface area contributed by atoms with Crippen molar-refractivity contribution in [2.45, 2.75) is 52.9 Å². The number of rotatable bonds is 3. The Morgan fingerprint density at radius 2 is 2.27 bits per heavy atom. The Labute approximate surface area is 136 Å². The zero-order valence-corrected chi connectivity index (χ0v) is 14.4. The van der Waals surface area contributed by atoms with Crippen LogP contribution >= 0.6 is 11.3 Å². The highest BCUT2D eigenvalue weighted by Gasteiger charge is 2.32. The normalized spacial score (nSPS) is 18.2. The van der Waals surface area contributed by atoms with E-state index in [1.54, 1.807) is 0 Å². The molecular formula is C18H23N3S. The molecule has 0 fully saturated rings. The van der Waals surface area contributed by atoms with E-state index in [0.29, 0.717) is 21.9 Å². The van der Waals surface area contributed by atoms with Gasteiger partial charge in [0.05, 0.1) is 5.69 Å². The number of nitrogens with two attached hydrogens (primary N) is 1. The van der Waals surface area contributed by atoms with Gasteiger partial charge < -0.3 is 5.73 Å². The maximum Gasteiger partial charge on any atom is 0.130 e. The molecule has 1 atom stereocenters. The number of aromatic nitrogens is 1. The van der Waals surface area contributed by atoms with Gasteiger partial charge in [0.2, 0.25) is 0 Å². The largest absolute Gasteiger partial charge is 0.396 e. The van der Waals surface area contributed by atoms with Gasteiger partial charge >= 0.3 is 0 Å². The van der Waals surface area contributed by atoms with E-state index in [1.807, 2.05) is 0 Å². The first-order valence-electron chi connectivity index (χ1n) is 8.07. The van der Waals surface area contributed by atoms with E-state index in [2.05, 4.69) is 32.9 Å². The third-order valence-electron chi connectivity index (χ3n) is 5.19. The van der Waals surface area contributed by atoms with Crippen LogP contribution in [0.1, 0.15) is 56.2 Å². The van der Waals surface area contributed by atoms with Crippen LogP contribution in [-0.4, -0.2) is 4.98 Å². The van der Waals surface area contributed by atoms with E-state index in [-0.39, 0.29) is 0 Å². The van der Waals surface area contributed by atoms with Crippen LogP contribution in [0.2, 0.25) is 0 Å². The summed E-state index contributed by atoms with van der Waals surface area (Å²) in [5.74, 6) is 0.703. The van der Waals surface area contributed by atoms with Crippen LogP contribution in [0.3, 0.4) is 0 Å². The molecule has 1 aliphatic rings. The number of nitrogens with zero attached hydrogens (tertiary/aromatic N) is 2. The topological polar surface area (TPSA) is 62.7 Å². The number of pyridine rings is 1. The van der Waals surface area contributed by atoms with Gasteiger partial charge in [-0.05, 0) is 48.6 Å². The number of fused-ring (bicyclic) bond motifs is 2. The lowest BCUT2D eigenvalue weighted by Gasteiger charge is -2.37. The Morgan fingerprint density at radius 3 is 2.95 bits per heavy atom. The third kappa shape index (κ3) is 2.48. The fourth-order valence-electron chi connectivity index (χ4n) is 3.79. The van der Waals surface area contributed by atoms with Gasteiger partial charge in [-0.3, -0.25) is 0 Å². The highest BCUT2D eigenvalue weighted by molar-refractivity contribution is 7.19. The van der Waals surface area contributed by atoms with Gasteiger partial charge in [-0.15, -0.1) is 11.3 Å². The average Bonchev–Trinajstić information content (AvgIpc) is 2.80. The quantitative estimate of drug-likeness (QED) is 0.894. The second-order valence-electron chi connectivity index (χ2n) is 7.08. The highest BCUT2D eigenvalue weighted by Crippen LogP contribution is 2.42. The van der Waals surface area contributed by atoms with Crippen LogP contribution < -0.4 is 5.73 Å². The van der Waals surface area contributed by atoms with E-state index < -0.39 is 0 Å². The summed E-state index contributed by atoms with van der Waals surface area (Å²) in [6.07, 6.45) is 5.84. The molecule has 2 heterocycles. The summed E-state index contributed by atoms with van der Waals surface area (Å²) in [6.45, 7) is 7.05. The first-order chi connectivity index (χ1) is 10.5. The molecule has 3 nitrogen and oxygen atoms in total. The fourth-order valence-corrected chi connectivity index (χ4v) is 4.68. The van der Waals surface area contributed by atoms with Crippen molar-refractivity contribution in [3.63, 3.8) is 0 Å². The summed E-state index contributed by atoms with van der Waals surface area (Å²) in [7, 11) is 0. The standard InChI is InChI=1S/C18H23N3S/c1-4-7-18(2,3)12-5-6-14-11(8-12)9-13-16(20)15(10-19)22-17(13)21-14/h9,12H,4-8,20H2,1-3H3. The van der Waals surface area contributed by atoms with Crippen molar-refractivity contribution in [1.29, 1.82) is 5.26 Å². The molecule has 4 heteroatoms. The average molecular weight is 313 g/mol. The minimum absolute atomic E-state index is 0.374. The number of aryl methyl sites for hydroxylation is 1. The predicted octanol–water partition coefficient (Wildman–Crippen LogP) is 4.68. The van der Waals surface area contributed by atoms with Gasteiger partial charge in [0.1, 0.15) is 15.8 Å². The first kappa shape index (κ1) is 15.3. The fraction of sp³-hybridized carbons (Fsp3) is 0.556. The summed E-state index contributed by atoms with van der Waals surface area (Å²) < 4.78 is 0. The van der Waals surface area contributed by atoms with Crippen molar-refractivity contribution in [2.75, 3.05) is 5.73 Å². The Morgan fingerprint density at radius 1 is 1.50 bits per heavy atom. The molecule has 116 valence electrons. The van der Waals surface area contributed by atoms with Crippen LogP contribution in [0.4, 0.5) is 5.69 Å². The molecule has 2 aromatic rings. The van der Waals surface area contributed by atoms with Gasteiger partial charge in [-0.25, -0.2) is 4.98 Å². The van der Waals surface area contributed by atoms with Crippen LogP contribution in [0.25, 0.3) is 10.2 Å². The van der Waals surface area contributed by atoms with Gasteiger partial charge in [-0.1, -0.05) is 27.2 Å². The molecular weight excluding hydrogens is 290 g/mol. The Bertz CT molecular complexity index is 752. The van der Waals surface area contributed by atoms with Crippen LogP contribution in [0.5, 0.6) is 0 Å². The molecule has 0 amide bonds. The SMILES string of the molecule is CCCC(C)(C)C1CCc2nc3sc(C#N)c(N)c3cc2C1. The minimum Gasteiger partial charge on any atom is -0.396 e. The number of hydrogen-bond acceptors (Lipinski definition) is 4. The van der Waals surface area contributed by atoms with E-state index in [0.717, 1.165) is 23.1 Å². The Balaban J connectivity index is 1.99. The second kappa shape index (κ2) is 5.55. The molecule has 0 saturated heterocycles. The number of thiophene rings is 1. The van der Waals surface area contributed by atoms with Crippen molar-refractivity contribution < 1.29 is 0 Å². The highest BCUT2D eigenvalue weighted by atomic mass is 32.1. The number of nitriles is 1. The summed E-state index contributed by atoms with van der Waals surface area (Å²) in [6, 6.07) is 4.37. The third-order valence-corrected chi connectivity index (χ3v) is 6.21. The van der Waals surface area contributed by atoms with Gasteiger partial charge in [0.15, 0.2) is 0 Å². The molecule has 0 spiro atoms. The molecule has 2 N–H and O–H groups in total. The van der Waals surface area contributed by atoms with Crippen molar-refractivity contribution in [3.8, 4) is 6.07 Å². The molecule has 0 aromatic carbocycles. The molecule has 0 radical (unpaired) electrons. The first-order valence-corrected chi connectivity index (χ1v) is 8.88. The predicted molar refractivity (Wildman–Crippen MR) is 93.0 cm³/mol. The minimum atomic E-state index is 0.374. The lowest BCUT2D eigenvalue weighted by atomic mass is 9.68. The van der Waals surface area contributed by atoms with Crippen molar-refractivity contribution in [2.24, 2.45) is 11.3 Å². The van der Waals surface area contributed by atoms with Gasteiger partial charge in [0.25, 0.3) is 0 Å². The summed E-state index contributed by atoms with van der Waals surface area (Å²) >= 11 is 1.41. The van der Waals surface area contributed by atoms with Crippen LogP contribution in [-0.2, 0) is 12.8 Å². The lowest BCUT2D eigenvalue weighted by Crippen LogP contribution is -2.29.